The van der Waals surface area contributed by atoms with E-state index in [9.17, 15) is 9.59 Å². The van der Waals surface area contributed by atoms with E-state index in [4.69, 9.17) is 9.47 Å². The van der Waals surface area contributed by atoms with Gasteiger partial charge in [-0.25, -0.2) is 4.79 Å². The summed E-state index contributed by atoms with van der Waals surface area (Å²) in [6.45, 7) is 4.34. The lowest BCUT2D eigenvalue weighted by Crippen LogP contribution is -2.18. The Morgan fingerprint density at radius 3 is 2.68 bits per heavy atom. The zero-order valence-corrected chi connectivity index (χ0v) is 16.9. The van der Waals surface area contributed by atoms with Crippen molar-refractivity contribution in [1.29, 1.82) is 0 Å². The van der Waals surface area contributed by atoms with Crippen molar-refractivity contribution in [3.05, 3.63) is 52.5 Å². The van der Waals surface area contributed by atoms with E-state index in [1.807, 2.05) is 40.3 Å². The summed E-state index contributed by atoms with van der Waals surface area (Å²) in [5, 5.41) is 2.02. The van der Waals surface area contributed by atoms with Crippen LogP contribution in [0.5, 0.6) is 5.75 Å². The summed E-state index contributed by atoms with van der Waals surface area (Å²) in [5.41, 5.74) is 5.12. The summed E-state index contributed by atoms with van der Waals surface area (Å²) in [6, 6.07) is 9.79. The van der Waals surface area contributed by atoms with Crippen molar-refractivity contribution >= 4 is 23.1 Å². The van der Waals surface area contributed by atoms with Crippen LogP contribution >= 0.6 is 11.3 Å². The number of ketones is 1. The van der Waals surface area contributed by atoms with Crippen molar-refractivity contribution in [3.63, 3.8) is 0 Å². The van der Waals surface area contributed by atoms with Gasteiger partial charge in [0.1, 0.15) is 11.4 Å². The average Bonchev–Trinajstić information content (AvgIpc) is 3.34. The minimum atomic E-state index is -0.324. The number of esters is 1. The third-order valence-corrected chi connectivity index (χ3v) is 5.94. The van der Waals surface area contributed by atoms with Crippen LogP contribution in [-0.2, 0) is 17.7 Å². The van der Waals surface area contributed by atoms with Crippen LogP contribution < -0.4 is 4.74 Å². The molecular weight excluding hydrogens is 374 g/mol. The van der Waals surface area contributed by atoms with Crippen LogP contribution in [-0.4, -0.2) is 30.0 Å². The van der Waals surface area contributed by atoms with Gasteiger partial charge in [-0.2, -0.15) is 0 Å². The second kappa shape index (κ2) is 7.28. The molecule has 1 aliphatic heterocycles. The molecule has 0 atom stereocenters. The number of hydrogen-bond donors (Lipinski definition) is 0. The Morgan fingerprint density at radius 1 is 1.21 bits per heavy atom. The van der Waals surface area contributed by atoms with E-state index in [0.717, 1.165) is 33.7 Å². The van der Waals surface area contributed by atoms with Gasteiger partial charge in [-0.15, -0.1) is 11.3 Å². The van der Waals surface area contributed by atoms with Gasteiger partial charge in [0, 0.05) is 22.5 Å². The lowest BCUT2D eigenvalue weighted by molar-refractivity contribution is 0.0513. The molecule has 0 N–H and O–H groups in total. The minimum Gasteiger partial charge on any atom is -0.496 e. The Bertz CT molecular complexity index is 1060. The van der Waals surface area contributed by atoms with Crippen molar-refractivity contribution < 1.29 is 19.1 Å². The Balaban J connectivity index is 1.99. The highest BCUT2D eigenvalue weighted by Crippen LogP contribution is 2.43. The van der Waals surface area contributed by atoms with Gasteiger partial charge in [-0.05, 0) is 55.5 Å². The van der Waals surface area contributed by atoms with Gasteiger partial charge < -0.3 is 14.0 Å². The second-order valence-corrected chi connectivity index (χ2v) is 7.60. The Labute approximate surface area is 167 Å². The normalized spacial score (nSPS) is 12.2. The molecule has 3 heterocycles. The molecule has 0 fully saturated rings. The van der Waals surface area contributed by atoms with E-state index >= 15 is 0 Å². The summed E-state index contributed by atoms with van der Waals surface area (Å²) >= 11 is 1.62. The molecule has 0 unspecified atom stereocenters. The molecule has 5 nitrogen and oxygen atoms in total. The third kappa shape index (κ3) is 2.94. The molecule has 0 radical (unpaired) electrons. The molecule has 144 valence electrons. The first-order chi connectivity index (χ1) is 13.5. The summed E-state index contributed by atoms with van der Waals surface area (Å²) in [7, 11) is 1.58. The highest BCUT2D eigenvalue weighted by Gasteiger charge is 2.29. The first kappa shape index (κ1) is 18.5. The van der Waals surface area contributed by atoms with Gasteiger partial charge in [0.05, 0.1) is 25.0 Å². The van der Waals surface area contributed by atoms with Gasteiger partial charge in [0.15, 0.2) is 5.78 Å². The number of aromatic nitrogens is 1. The third-order valence-electron chi connectivity index (χ3n) is 5.03. The van der Waals surface area contributed by atoms with E-state index in [1.165, 1.54) is 6.92 Å². The lowest BCUT2D eigenvalue weighted by Gasteiger charge is -2.23. The standard InChI is InChI=1S/C22H21NO4S/c1-4-27-22(25)18-12-17(20-6-5-9-28-20)21-16-11-15(13(2)24)19(26-3)10-14(16)7-8-23(18)21/h5-6,9-12H,4,7-8H2,1-3H3. The zero-order chi connectivity index (χ0) is 19.8. The zero-order valence-electron chi connectivity index (χ0n) is 16.1. The summed E-state index contributed by atoms with van der Waals surface area (Å²) < 4.78 is 12.7. The molecule has 6 heteroatoms. The molecule has 0 amide bonds. The Kier molecular flexibility index (Phi) is 4.81. The number of carbonyl (C=O) groups excluding carboxylic acids is 2. The molecule has 0 bridgehead atoms. The van der Waals surface area contributed by atoms with Crippen molar-refractivity contribution in [2.75, 3.05) is 13.7 Å². The number of methoxy groups -OCH3 is 1. The number of rotatable bonds is 5. The van der Waals surface area contributed by atoms with E-state index in [1.54, 1.807) is 25.4 Å². The molecule has 3 aromatic rings. The fourth-order valence-corrected chi connectivity index (χ4v) is 4.53. The second-order valence-electron chi connectivity index (χ2n) is 6.66. The van der Waals surface area contributed by atoms with Crippen LogP contribution in [0.3, 0.4) is 0 Å². The number of aryl methyl sites for hydroxylation is 1. The van der Waals surface area contributed by atoms with E-state index in [0.29, 0.717) is 30.2 Å². The predicted molar refractivity (Wildman–Crippen MR) is 109 cm³/mol. The number of Topliss-reactive ketones (excluding diaryl/α,β-unsaturated/α-hetero) is 1. The number of hydrogen-bond acceptors (Lipinski definition) is 5. The van der Waals surface area contributed by atoms with Crippen molar-refractivity contribution in [1.82, 2.24) is 4.57 Å². The van der Waals surface area contributed by atoms with Crippen LogP contribution in [0, 0.1) is 0 Å². The van der Waals surface area contributed by atoms with Crippen LogP contribution in [0.15, 0.2) is 35.7 Å². The molecule has 28 heavy (non-hydrogen) atoms. The maximum Gasteiger partial charge on any atom is 0.354 e. The van der Waals surface area contributed by atoms with E-state index < -0.39 is 0 Å². The first-order valence-corrected chi connectivity index (χ1v) is 10.1. The summed E-state index contributed by atoms with van der Waals surface area (Å²) in [4.78, 5) is 25.8. The number of thiophene rings is 1. The minimum absolute atomic E-state index is 0.0494. The maximum atomic E-state index is 12.6. The first-order valence-electron chi connectivity index (χ1n) is 9.21. The highest BCUT2D eigenvalue weighted by molar-refractivity contribution is 7.13. The molecule has 2 aromatic heterocycles. The fourth-order valence-electron chi connectivity index (χ4n) is 3.79. The molecule has 0 spiro atoms. The highest BCUT2D eigenvalue weighted by atomic mass is 32.1. The fraction of sp³-hybridized carbons (Fsp3) is 0.273. The summed E-state index contributed by atoms with van der Waals surface area (Å²) in [5.74, 6) is 0.219. The van der Waals surface area contributed by atoms with Crippen LogP contribution in [0.25, 0.3) is 21.7 Å². The topological polar surface area (TPSA) is 57.5 Å². The molecule has 4 rings (SSSR count). The largest absolute Gasteiger partial charge is 0.496 e. The molecule has 0 saturated carbocycles. The average molecular weight is 395 g/mol. The molecular formula is C22H21NO4S. The maximum absolute atomic E-state index is 12.6. The molecule has 0 aliphatic carbocycles. The number of ether oxygens (including phenoxy) is 2. The Hall–Kier alpha value is -2.86. The monoisotopic (exact) mass is 395 g/mol. The van der Waals surface area contributed by atoms with Gasteiger partial charge >= 0.3 is 5.97 Å². The number of nitrogens with zero attached hydrogens (tertiary/aromatic N) is 1. The van der Waals surface area contributed by atoms with Gasteiger partial charge in [-0.1, -0.05) is 6.07 Å². The van der Waals surface area contributed by atoms with Gasteiger partial charge in [-0.3, -0.25) is 4.79 Å². The molecule has 1 aromatic carbocycles. The van der Waals surface area contributed by atoms with Crippen molar-refractivity contribution in [3.8, 4) is 27.4 Å². The van der Waals surface area contributed by atoms with Crippen LogP contribution in [0.4, 0.5) is 0 Å². The number of benzene rings is 1. The van der Waals surface area contributed by atoms with Gasteiger partial charge in [0.25, 0.3) is 0 Å². The van der Waals surface area contributed by atoms with E-state index in [-0.39, 0.29) is 11.8 Å². The smallest absolute Gasteiger partial charge is 0.354 e. The Morgan fingerprint density at radius 2 is 2.04 bits per heavy atom. The number of carbonyl (C=O) groups is 2. The van der Waals surface area contributed by atoms with Crippen molar-refractivity contribution in [2.24, 2.45) is 0 Å². The van der Waals surface area contributed by atoms with E-state index in [2.05, 4.69) is 0 Å². The molecule has 1 aliphatic rings. The SMILES string of the molecule is CCOC(=O)c1cc(-c2cccs2)c2n1CCc1cc(OC)c(C(C)=O)cc1-2. The quantitative estimate of drug-likeness (QED) is 0.459. The van der Waals surface area contributed by atoms with Gasteiger partial charge in [0.2, 0.25) is 0 Å². The van der Waals surface area contributed by atoms with Crippen molar-refractivity contribution in [2.45, 2.75) is 26.8 Å². The summed E-state index contributed by atoms with van der Waals surface area (Å²) in [6.07, 6.45) is 0.752. The lowest BCUT2D eigenvalue weighted by atomic mass is 9.92. The van der Waals surface area contributed by atoms with Crippen LogP contribution in [0.2, 0.25) is 0 Å². The molecule has 0 saturated heterocycles. The van der Waals surface area contributed by atoms with Crippen LogP contribution in [0.1, 0.15) is 40.3 Å². The number of fused-ring (bicyclic) bond motifs is 3. The predicted octanol–water partition coefficient (Wildman–Crippen LogP) is 4.83.